The number of aliphatic hydroxyl groups is 8. The number of carbonyl (C=O) groups excluding carboxylic acids is 6. The second-order valence-corrected chi connectivity index (χ2v) is 18.1. The molecule has 61 heavy (non-hydrogen) atoms. The third kappa shape index (κ3) is 13.4. The molecule has 0 saturated heterocycles. The molecule has 4 atom stereocenters. The maximum atomic E-state index is 14.0. The van der Waals surface area contributed by atoms with E-state index in [9.17, 15) is 69.6 Å². The predicted octanol–water partition coefficient (Wildman–Crippen LogP) is 0.294. The minimum atomic E-state index is -1.35. The molecule has 0 saturated carbocycles. The normalized spacial score (nSPS) is 13.1. The third-order valence-corrected chi connectivity index (χ3v) is 13.4. The topological polar surface area (TPSA) is 301 Å². The first kappa shape index (κ1) is 55.0. The van der Waals surface area contributed by atoms with E-state index in [2.05, 4.69) is 106 Å². The van der Waals surface area contributed by atoms with E-state index in [0.717, 1.165) is 19.6 Å². The SMILES string of the molecule is CN(CC(O)CO)C(=O)c1c(Br)c(C(=O)NCC(O)CO)c(Br)c(N(C)C(=O)CC(=O)N(C)c2c(Br)c(C(=O)NCC(O)CO)c(Br)c(C(=O)N(C)CC(O)CO)c2Br)c1Br. The molecule has 6 amide bonds. The Hall–Kier alpha value is -2.18. The van der Waals surface area contributed by atoms with E-state index in [0.29, 0.717) is 0 Å². The second kappa shape index (κ2) is 24.8. The smallest absolute Gasteiger partial charge is 0.256 e. The monoisotopic (exact) mass is 1250 g/mol. The van der Waals surface area contributed by atoms with Crippen molar-refractivity contribution in [3.63, 3.8) is 0 Å². The number of anilines is 2. The van der Waals surface area contributed by atoms with Crippen molar-refractivity contribution in [3.05, 3.63) is 49.1 Å². The maximum Gasteiger partial charge on any atom is 0.256 e. The number of carbonyl (C=O) groups is 6. The summed E-state index contributed by atoms with van der Waals surface area (Å²) < 4.78 is -0.487. The highest BCUT2D eigenvalue weighted by Gasteiger charge is 2.36. The van der Waals surface area contributed by atoms with Crippen LogP contribution in [0.4, 0.5) is 11.4 Å². The lowest BCUT2D eigenvalue weighted by molar-refractivity contribution is -0.126. The van der Waals surface area contributed by atoms with Crippen LogP contribution in [0.5, 0.6) is 0 Å². The van der Waals surface area contributed by atoms with Gasteiger partial charge in [-0.25, -0.2) is 0 Å². The van der Waals surface area contributed by atoms with Gasteiger partial charge < -0.3 is 71.1 Å². The van der Waals surface area contributed by atoms with Gasteiger partial charge in [0, 0.05) is 63.3 Å². The van der Waals surface area contributed by atoms with E-state index in [4.69, 9.17) is 0 Å². The number of nitrogens with zero attached hydrogens (tertiary/aromatic N) is 4. The molecule has 0 fully saturated rings. The van der Waals surface area contributed by atoms with Crippen LogP contribution < -0.4 is 20.4 Å². The summed E-state index contributed by atoms with van der Waals surface area (Å²) in [5, 5.41) is 81.8. The zero-order chi connectivity index (χ0) is 46.8. The van der Waals surface area contributed by atoms with Gasteiger partial charge in [-0.15, -0.1) is 0 Å². The molecule has 0 aliphatic carbocycles. The second-order valence-electron chi connectivity index (χ2n) is 13.3. The Morgan fingerprint density at radius 2 is 0.754 bits per heavy atom. The summed E-state index contributed by atoms with van der Waals surface area (Å²) >= 11 is 20.0. The summed E-state index contributed by atoms with van der Waals surface area (Å²) in [4.78, 5) is 86.8. The summed E-state index contributed by atoms with van der Waals surface area (Å²) in [5.74, 6) is -5.17. The number of aliphatic hydroxyl groups excluding tert-OH is 8. The van der Waals surface area contributed by atoms with Crippen molar-refractivity contribution in [2.45, 2.75) is 30.8 Å². The number of nitrogens with one attached hydrogen (secondary N) is 2. The molecular formula is C35H44Br6N6O14. The van der Waals surface area contributed by atoms with Crippen LogP contribution in [0.25, 0.3) is 0 Å². The van der Waals surface area contributed by atoms with E-state index in [1.54, 1.807) is 0 Å². The molecule has 0 aliphatic heterocycles. The highest BCUT2D eigenvalue weighted by atomic mass is 79.9. The number of halogens is 6. The quantitative estimate of drug-likeness (QED) is 0.0799. The average Bonchev–Trinajstić information content (AvgIpc) is 3.20. The van der Waals surface area contributed by atoms with Gasteiger partial charge in [0.2, 0.25) is 11.8 Å². The van der Waals surface area contributed by atoms with Crippen LogP contribution in [0.3, 0.4) is 0 Å². The van der Waals surface area contributed by atoms with Crippen LogP contribution in [0.15, 0.2) is 26.8 Å². The number of rotatable bonds is 20. The Balaban J connectivity index is 2.77. The van der Waals surface area contributed by atoms with Crippen molar-refractivity contribution in [1.82, 2.24) is 20.4 Å². The molecule has 26 heteroatoms. The minimum Gasteiger partial charge on any atom is -0.394 e. The fourth-order valence-electron chi connectivity index (χ4n) is 5.30. The van der Waals surface area contributed by atoms with E-state index in [1.165, 1.54) is 28.2 Å². The van der Waals surface area contributed by atoms with Crippen molar-refractivity contribution in [1.29, 1.82) is 0 Å². The van der Waals surface area contributed by atoms with E-state index in [-0.39, 0.29) is 73.6 Å². The molecule has 0 radical (unpaired) electrons. The Labute approximate surface area is 400 Å². The first-order chi connectivity index (χ1) is 28.4. The summed E-state index contributed by atoms with van der Waals surface area (Å²) in [7, 11) is 5.09. The van der Waals surface area contributed by atoms with Crippen LogP contribution in [0, 0.1) is 0 Å². The summed E-state index contributed by atoms with van der Waals surface area (Å²) in [6.45, 7) is -4.23. The van der Waals surface area contributed by atoms with Crippen molar-refractivity contribution >= 4 is 142 Å². The highest BCUT2D eigenvalue weighted by Crippen LogP contribution is 2.46. The van der Waals surface area contributed by atoms with Gasteiger partial charge in [0.15, 0.2) is 0 Å². The summed E-state index contributed by atoms with van der Waals surface area (Å²) in [6, 6.07) is 0. The van der Waals surface area contributed by atoms with Gasteiger partial charge in [0.05, 0.1) is 102 Å². The minimum absolute atomic E-state index is 0.0656. The van der Waals surface area contributed by atoms with Gasteiger partial charge in [0.25, 0.3) is 23.6 Å². The fraction of sp³-hybridized carbons (Fsp3) is 0.486. The van der Waals surface area contributed by atoms with Gasteiger partial charge in [-0.1, -0.05) is 0 Å². The average molecular weight is 1250 g/mol. The highest BCUT2D eigenvalue weighted by molar-refractivity contribution is 9.12. The van der Waals surface area contributed by atoms with Gasteiger partial charge >= 0.3 is 0 Å². The zero-order valence-electron chi connectivity index (χ0n) is 32.8. The molecule has 0 spiro atoms. The molecule has 2 aromatic rings. The number of likely N-dealkylation sites (N-methyl/N-ethyl adjacent to an activating group) is 2. The molecule has 2 aromatic carbocycles. The van der Waals surface area contributed by atoms with Crippen LogP contribution in [-0.2, 0) is 9.59 Å². The third-order valence-electron chi connectivity index (χ3n) is 8.69. The Kier molecular flexibility index (Phi) is 22.3. The molecule has 0 bridgehead atoms. The standard InChI is InChI=1S/C35H44Br6N6O14/c1-44(8-16(54)12-50)34(60)22-24(36)20(32(58)42-6-14(52)10-48)26(38)30(28(22)40)46(3)18(56)5-19(57)47(4)31-27(39)21(33(59)43-7-15(53)11-49)25(37)23(29(31)41)35(61)45(2)9-17(55)13-51/h14-17,48-55H,5-13H2,1-4H3,(H,42,58)(H,43,59). The molecule has 0 heterocycles. The molecule has 10 N–H and O–H groups in total. The first-order valence-electron chi connectivity index (χ1n) is 17.6. The van der Waals surface area contributed by atoms with E-state index < -0.39 is 106 Å². The number of hydrogen-bond donors (Lipinski definition) is 10. The van der Waals surface area contributed by atoms with Gasteiger partial charge in [-0.3, -0.25) is 28.8 Å². The predicted molar refractivity (Wildman–Crippen MR) is 241 cm³/mol. The molecule has 0 aliphatic rings. The number of amides is 6. The van der Waals surface area contributed by atoms with Crippen molar-refractivity contribution in [3.8, 4) is 0 Å². The van der Waals surface area contributed by atoms with Crippen LogP contribution >= 0.6 is 95.6 Å². The summed E-state index contributed by atoms with van der Waals surface area (Å²) in [5.41, 5.74) is -1.22. The van der Waals surface area contributed by atoms with E-state index in [1.807, 2.05) is 0 Å². The van der Waals surface area contributed by atoms with Gasteiger partial charge in [-0.2, -0.15) is 0 Å². The van der Waals surface area contributed by atoms with Crippen LogP contribution in [0.1, 0.15) is 47.9 Å². The molecule has 0 aromatic heterocycles. The molecule has 4 unspecified atom stereocenters. The van der Waals surface area contributed by atoms with Crippen LogP contribution in [-0.4, -0.2) is 191 Å². The Morgan fingerprint density at radius 1 is 0.475 bits per heavy atom. The summed E-state index contributed by atoms with van der Waals surface area (Å²) in [6.07, 6.45) is -6.27. The number of hydrogen-bond acceptors (Lipinski definition) is 14. The zero-order valence-corrected chi connectivity index (χ0v) is 42.3. The fourth-order valence-corrected chi connectivity index (χ4v) is 11.7. The Bertz CT molecular complexity index is 1860. The lowest BCUT2D eigenvalue weighted by Gasteiger charge is -2.28. The molecule has 20 nitrogen and oxygen atoms in total. The number of benzene rings is 2. The van der Waals surface area contributed by atoms with Crippen molar-refractivity contribution in [2.24, 2.45) is 0 Å². The lowest BCUT2D eigenvalue weighted by Crippen LogP contribution is -2.39. The lowest BCUT2D eigenvalue weighted by atomic mass is 10.1. The molecule has 2 rings (SSSR count). The largest absolute Gasteiger partial charge is 0.394 e. The first-order valence-corrected chi connectivity index (χ1v) is 22.4. The van der Waals surface area contributed by atoms with E-state index >= 15 is 0 Å². The Morgan fingerprint density at radius 3 is 1.03 bits per heavy atom. The maximum absolute atomic E-state index is 14.0. The molecule has 340 valence electrons. The van der Waals surface area contributed by atoms with Gasteiger partial charge in [0.1, 0.15) is 6.42 Å². The van der Waals surface area contributed by atoms with Gasteiger partial charge in [-0.05, 0) is 95.6 Å². The van der Waals surface area contributed by atoms with Crippen molar-refractivity contribution < 1.29 is 69.6 Å². The van der Waals surface area contributed by atoms with Crippen molar-refractivity contribution in [2.75, 3.05) is 90.6 Å². The van der Waals surface area contributed by atoms with Crippen LogP contribution in [0.2, 0.25) is 0 Å². The molecular weight excluding hydrogens is 1210 g/mol.